The number of hydrogen-bond acceptors (Lipinski definition) is 3. The zero-order chi connectivity index (χ0) is 21.2. The predicted octanol–water partition coefficient (Wildman–Crippen LogP) is 4.70. The fourth-order valence-electron chi connectivity index (χ4n) is 3.39. The summed E-state index contributed by atoms with van der Waals surface area (Å²) in [5, 5.41) is 6.58. The number of ether oxygens (including phenoxy) is 2. The highest BCUT2D eigenvalue weighted by atomic mass is 127. The first-order chi connectivity index (χ1) is 14.6. The summed E-state index contributed by atoms with van der Waals surface area (Å²) in [5.74, 6) is 0.559. The molecule has 1 fully saturated rings. The third-order valence-corrected chi connectivity index (χ3v) is 5.09. The van der Waals surface area contributed by atoms with Crippen LogP contribution < -0.4 is 10.6 Å². The van der Waals surface area contributed by atoms with Gasteiger partial charge in [-0.05, 0) is 55.0 Å². The van der Waals surface area contributed by atoms with Gasteiger partial charge in [0, 0.05) is 26.3 Å². The van der Waals surface area contributed by atoms with Gasteiger partial charge >= 0.3 is 0 Å². The van der Waals surface area contributed by atoms with Crippen LogP contribution in [0, 0.1) is 12.7 Å². The number of aliphatic imine (C=N–C) groups is 1. The Morgan fingerprint density at radius 3 is 2.61 bits per heavy atom. The minimum Gasteiger partial charge on any atom is -0.381 e. The predicted molar refractivity (Wildman–Crippen MR) is 133 cm³/mol. The molecule has 2 aromatic carbocycles. The van der Waals surface area contributed by atoms with Gasteiger partial charge in [-0.3, -0.25) is 0 Å². The molecule has 7 heteroatoms. The molecule has 31 heavy (non-hydrogen) atoms. The fourth-order valence-corrected chi connectivity index (χ4v) is 3.39. The molecule has 0 spiro atoms. The van der Waals surface area contributed by atoms with Crippen molar-refractivity contribution in [2.24, 2.45) is 4.99 Å². The van der Waals surface area contributed by atoms with Gasteiger partial charge in [-0.2, -0.15) is 0 Å². The molecule has 0 aliphatic carbocycles. The second-order valence-electron chi connectivity index (χ2n) is 7.57. The summed E-state index contributed by atoms with van der Waals surface area (Å²) in [5.41, 5.74) is 3.97. The van der Waals surface area contributed by atoms with Gasteiger partial charge in [0.15, 0.2) is 5.96 Å². The van der Waals surface area contributed by atoms with Gasteiger partial charge in [-0.15, -0.1) is 24.0 Å². The van der Waals surface area contributed by atoms with Gasteiger partial charge in [-0.1, -0.05) is 36.4 Å². The second kappa shape index (κ2) is 13.6. The lowest BCUT2D eigenvalue weighted by atomic mass is 10.1. The zero-order valence-corrected chi connectivity index (χ0v) is 20.7. The Morgan fingerprint density at radius 1 is 1.10 bits per heavy atom. The third kappa shape index (κ3) is 8.74. The molecule has 0 atom stereocenters. The summed E-state index contributed by atoms with van der Waals surface area (Å²) in [6.45, 7) is 7.94. The number of nitrogens with one attached hydrogen (secondary N) is 2. The average Bonchev–Trinajstić information content (AvgIpc) is 2.77. The molecule has 0 aromatic heterocycles. The number of benzene rings is 2. The van der Waals surface area contributed by atoms with E-state index in [-0.39, 0.29) is 29.8 Å². The van der Waals surface area contributed by atoms with E-state index in [0.717, 1.165) is 55.3 Å². The first-order valence-electron chi connectivity index (χ1n) is 10.7. The SMILES string of the molecule is CCNC(=NCc1cccc(COC2CCOCC2)c1)NCc1ccc(F)c(C)c1.I. The summed E-state index contributed by atoms with van der Waals surface area (Å²) in [6.07, 6.45) is 2.23. The largest absolute Gasteiger partial charge is 0.381 e. The van der Waals surface area contributed by atoms with Crippen LogP contribution in [0.15, 0.2) is 47.5 Å². The molecule has 1 aliphatic rings. The maximum absolute atomic E-state index is 13.4. The van der Waals surface area contributed by atoms with Gasteiger partial charge in [0.25, 0.3) is 0 Å². The maximum Gasteiger partial charge on any atom is 0.191 e. The van der Waals surface area contributed by atoms with Crippen molar-refractivity contribution in [1.29, 1.82) is 0 Å². The van der Waals surface area contributed by atoms with E-state index in [1.54, 1.807) is 13.0 Å². The smallest absolute Gasteiger partial charge is 0.191 e. The lowest BCUT2D eigenvalue weighted by Crippen LogP contribution is -2.36. The molecule has 2 aromatic rings. The summed E-state index contributed by atoms with van der Waals surface area (Å²) >= 11 is 0. The van der Waals surface area contributed by atoms with Crippen LogP contribution in [0.2, 0.25) is 0 Å². The van der Waals surface area contributed by atoms with Crippen molar-refractivity contribution < 1.29 is 13.9 Å². The van der Waals surface area contributed by atoms with Crippen LogP contribution in [0.3, 0.4) is 0 Å². The molecule has 0 radical (unpaired) electrons. The van der Waals surface area contributed by atoms with Crippen molar-refractivity contribution in [2.75, 3.05) is 19.8 Å². The van der Waals surface area contributed by atoms with Crippen molar-refractivity contribution in [1.82, 2.24) is 10.6 Å². The van der Waals surface area contributed by atoms with Crippen molar-refractivity contribution in [2.45, 2.75) is 52.5 Å². The number of rotatable bonds is 8. The Balaban J connectivity index is 0.00000341. The van der Waals surface area contributed by atoms with Crippen LogP contribution >= 0.6 is 24.0 Å². The Hall–Kier alpha value is -1.71. The van der Waals surface area contributed by atoms with Crippen molar-refractivity contribution in [3.8, 4) is 0 Å². The topological polar surface area (TPSA) is 54.9 Å². The van der Waals surface area contributed by atoms with Crippen LogP contribution in [-0.2, 0) is 29.2 Å². The summed E-state index contributed by atoms with van der Waals surface area (Å²) in [7, 11) is 0. The number of hydrogen-bond donors (Lipinski definition) is 2. The van der Waals surface area contributed by atoms with E-state index in [4.69, 9.17) is 14.5 Å². The molecule has 2 N–H and O–H groups in total. The third-order valence-electron chi connectivity index (χ3n) is 5.09. The van der Waals surface area contributed by atoms with Crippen molar-refractivity contribution in [3.05, 3.63) is 70.5 Å². The van der Waals surface area contributed by atoms with Crippen LogP contribution in [0.1, 0.15) is 42.0 Å². The van der Waals surface area contributed by atoms with Gasteiger partial charge in [-0.25, -0.2) is 9.38 Å². The quantitative estimate of drug-likeness (QED) is 0.289. The zero-order valence-electron chi connectivity index (χ0n) is 18.3. The van der Waals surface area contributed by atoms with E-state index in [0.29, 0.717) is 31.4 Å². The van der Waals surface area contributed by atoms with E-state index < -0.39 is 0 Å². The van der Waals surface area contributed by atoms with Gasteiger partial charge in [0.05, 0.1) is 19.3 Å². The minimum absolute atomic E-state index is 0. The second-order valence-corrected chi connectivity index (χ2v) is 7.57. The molecular formula is C24H33FIN3O2. The lowest BCUT2D eigenvalue weighted by molar-refractivity contribution is -0.0390. The summed E-state index contributed by atoms with van der Waals surface area (Å²) in [6, 6.07) is 13.5. The number of aryl methyl sites for hydroxylation is 1. The Bertz CT molecular complexity index is 841. The number of halogens is 2. The number of nitrogens with zero attached hydrogens (tertiary/aromatic N) is 1. The maximum atomic E-state index is 13.4. The molecule has 0 saturated carbocycles. The standard InChI is InChI=1S/C24H32FN3O2.HI/c1-3-26-24(28-16-20-7-8-23(25)18(2)13-20)27-15-19-5-4-6-21(14-19)17-30-22-9-11-29-12-10-22;/h4-8,13-14,22H,3,9-12,15-17H2,1-2H3,(H2,26,27,28);1H. The first kappa shape index (κ1) is 25.5. The molecule has 1 aliphatic heterocycles. The highest BCUT2D eigenvalue weighted by Crippen LogP contribution is 2.15. The van der Waals surface area contributed by atoms with Crippen LogP contribution in [-0.4, -0.2) is 31.8 Å². The molecular weight excluding hydrogens is 508 g/mol. The Kier molecular flexibility index (Phi) is 11.2. The van der Waals surface area contributed by atoms with Crippen molar-refractivity contribution >= 4 is 29.9 Å². The van der Waals surface area contributed by atoms with Crippen LogP contribution in [0.5, 0.6) is 0 Å². The highest BCUT2D eigenvalue weighted by molar-refractivity contribution is 14.0. The monoisotopic (exact) mass is 541 g/mol. The highest BCUT2D eigenvalue weighted by Gasteiger charge is 2.14. The van der Waals surface area contributed by atoms with E-state index >= 15 is 0 Å². The van der Waals surface area contributed by atoms with E-state index in [1.165, 1.54) is 6.07 Å². The molecule has 1 saturated heterocycles. The molecule has 1 heterocycles. The fraction of sp³-hybridized carbons (Fsp3) is 0.458. The average molecular weight is 541 g/mol. The van der Waals surface area contributed by atoms with Gasteiger partial charge in [0.1, 0.15) is 5.82 Å². The van der Waals surface area contributed by atoms with E-state index in [9.17, 15) is 4.39 Å². The number of guanidine groups is 1. The Morgan fingerprint density at radius 2 is 1.87 bits per heavy atom. The minimum atomic E-state index is -0.181. The molecule has 170 valence electrons. The van der Waals surface area contributed by atoms with E-state index in [2.05, 4.69) is 34.9 Å². The van der Waals surface area contributed by atoms with E-state index in [1.807, 2.05) is 13.0 Å². The first-order valence-corrected chi connectivity index (χ1v) is 10.7. The van der Waals surface area contributed by atoms with Crippen LogP contribution in [0.4, 0.5) is 4.39 Å². The van der Waals surface area contributed by atoms with Crippen LogP contribution in [0.25, 0.3) is 0 Å². The summed E-state index contributed by atoms with van der Waals surface area (Å²) < 4.78 is 24.9. The molecule has 0 amide bonds. The normalized spacial score (nSPS) is 14.7. The molecule has 3 rings (SSSR count). The van der Waals surface area contributed by atoms with Crippen molar-refractivity contribution in [3.63, 3.8) is 0 Å². The van der Waals surface area contributed by atoms with Gasteiger partial charge in [0.2, 0.25) is 0 Å². The molecule has 5 nitrogen and oxygen atoms in total. The summed E-state index contributed by atoms with van der Waals surface area (Å²) in [4.78, 5) is 4.69. The Labute approximate surface area is 201 Å². The lowest BCUT2D eigenvalue weighted by Gasteiger charge is -2.22. The van der Waals surface area contributed by atoms with Gasteiger partial charge < -0.3 is 20.1 Å². The molecule has 0 unspecified atom stereocenters. The molecule has 0 bridgehead atoms.